The molecule has 0 aliphatic rings. The first-order chi connectivity index (χ1) is 9.58. The molecule has 0 amide bonds. The Morgan fingerprint density at radius 2 is 1.70 bits per heavy atom. The van der Waals surface area contributed by atoms with Crippen LogP contribution in [0.5, 0.6) is 0 Å². The molecule has 8 heteroatoms. The van der Waals surface area contributed by atoms with Crippen molar-refractivity contribution in [2.75, 3.05) is 5.32 Å². The van der Waals surface area contributed by atoms with Crippen LogP contribution in [0.2, 0.25) is 0 Å². The van der Waals surface area contributed by atoms with Crippen molar-refractivity contribution in [1.82, 2.24) is 15.0 Å². The maximum absolute atomic E-state index is 4.54. The fourth-order valence-electron chi connectivity index (χ4n) is 1.71. The quantitative estimate of drug-likeness (QED) is 0.331. The summed E-state index contributed by atoms with van der Waals surface area (Å²) in [6.07, 6.45) is 1.73. The molecule has 3 rings (SSSR count). The molecule has 20 heavy (non-hydrogen) atoms. The lowest BCUT2D eigenvalue weighted by molar-refractivity contribution is 1.24. The molecule has 0 radical (unpaired) electrons. The fourth-order valence-corrected chi connectivity index (χ4v) is 4.00. The minimum Gasteiger partial charge on any atom is -0.323 e. The normalized spacial score (nSPS) is 11.0. The van der Waals surface area contributed by atoms with Gasteiger partial charge in [-0.2, -0.15) is 0 Å². The number of imidazole rings is 1. The predicted molar refractivity (Wildman–Crippen MR) is 94.4 cm³/mol. The molecule has 0 spiro atoms. The van der Waals surface area contributed by atoms with Gasteiger partial charge in [-0.05, 0) is 75.9 Å². The highest BCUT2D eigenvalue weighted by molar-refractivity contribution is 9.15. The van der Waals surface area contributed by atoms with Crippen LogP contribution in [0.1, 0.15) is 0 Å². The van der Waals surface area contributed by atoms with E-state index in [1.807, 2.05) is 18.2 Å². The molecule has 0 aliphatic carbocycles. The van der Waals surface area contributed by atoms with Crippen molar-refractivity contribution in [1.29, 1.82) is 0 Å². The zero-order valence-electron chi connectivity index (χ0n) is 9.72. The number of hydrogen-bond acceptors (Lipinski definition) is 3. The van der Waals surface area contributed by atoms with Gasteiger partial charge in [0.1, 0.15) is 11.3 Å². The Balaban J connectivity index is 2.12. The van der Waals surface area contributed by atoms with Gasteiger partial charge in [0.2, 0.25) is 5.95 Å². The SMILES string of the molecule is Brc1c(Br)c(Br)c2[nH]c(Nc3ccccn3)nc2c1Br. The Hall–Kier alpha value is -0.440. The highest BCUT2D eigenvalue weighted by atomic mass is 79.9. The molecule has 0 saturated heterocycles. The highest BCUT2D eigenvalue weighted by Crippen LogP contribution is 2.43. The smallest absolute Gasteiger partial charge is 0.206 e. The minimum atomic E-state index is 0.630. The molecule has 0 aliphatic heterocycles. The van der Waals surface area contributed by atoms with Crippen LogP contribution in [0.4, 0.5) is 11.8 Å². The van der Waals surface area contributed by atoms with Gasteiger partial charge in [-0.1, -0.05) is 6.07 Å². The van der Waals surface area contributed by atoms with Crippen molar-refractivity contribution in [2.45, 2.75) is 0 Å². The molecule has 0 bridgehead atoms. The molecule has 2 heterocycles. The summed E-state index contributed by atoms with van der Waals surface area (Å²) in [5.74, 6) is 1.36. The summed E-state index contributed by atoms with van der Waals surface area (Å²) in [7, 11) is 0. The van der Waals surface area contributed by atoms with Crippen molar-refractivity contribution in [3.63, 3.8) is 0 Å². The van der Waals surface area contributed by atoms with Gasteiger partial charge in [-0.3, -0.25) is 0 Å². The number of halogens is 4. The molecule has 0 atom stereocenters. The lowest BCUT2D eigenvalue weighted by atomic mass is 10.3. The highest BCUT2D eigenvalue weighted by Gasteiger charge is 2.17. The van der Waals surface area contributed by atoms with Crippen molar-refractivity contribution in [3.8, 4) is 0 Å². The van der Waals surface area contributed by atoms with E-state index in [-0.39, 0.29) is 0 Å². The molecular formula is C12H6Br4N4. The summed E-state index contributed by atoms with van der Waals surface area (Å²) in [6, 6.07) is 5.66. The molecule has 0 unspecified atom stereocenters. The molecule has 2 aromatic heterocycles. The van der Waals surface area contributed by atoms with Gasteiger partial charge in [0, 0.05) is 15.1 Å². The Kier molecular flexibility index (Phi) is 4.16. The average Bonchev–Trinajstić information content (AvgIpc) is 2.88. The van der Waals surface area contributed by atoms with E-state index >= 15 is 0 Å². The van der Waals surface area contributed by atoms with Gasteiger partial charge in [0.05, 0.1) is 14.5 Å². The number of aromatic amines is 1. The summed E-state index contributed by atoms with van der Waals surface area (Å²) in [6.45, 7) is 0. The van der Waals surface area contributed by atoms with E-state index in [1.54, 1.807) is 6.20 Å². The van der Waals surface area contributed by atoms with Gasteiger partial charge >= 0.3 is 0 Å². The van der Waals surface area contributed by atoms with Crippen molar-refractivity contribution in [3.05, 3.63) is 42.3 Å². The van der Waals surface area contributed by atoms with Gasteiger partial charge in [-0.25, -0.2) is 9.97 Å². The zero-order valence-corrected chi connectivity index (χ0v) is 16.1. The summed E-state index contributed by atoms with van der Waals surface area (Å²) in [5.41, 5.74) is 1.72. The van der Waals surface area contributed by atoms with Crippen LogP contribution in [0, 0.1) is 0 Å². The lowest BCUT2D eigenvalue weighted by Gasteiger charge is -2.03. The van der Waals surface area contributed by atoms with E-state index < -0.39 is 0 Å². The van der Waals surface area contributed by atoms with E-state index in [0.717, 1.165) is 34.7 Å². The molecule has 102 valence electrons. The van der Waals surface area contributed by atoms with Gasteiger partial charge in [0.25, 0.3) is 0 Å². The fraction of sp³-hybridized carbons (Fsp3) is 0. The van der Waals surface area contributed by atoms with Crippen LogP contribution in [0.3, 0.4) is 0 Å². The van der Waals surface area contributed by atoms with E-state index in [9.17, 15) is 0 Å². The summed E-state index contributed by atoms with van der Waals surface area (Å²) < 4.78 is 3.62. The van der Waals surface area contributed by atoms with E-state index in [0.29, 0.717) is 5.95 Å². The second-order valence-electron chi connectivity index (χ2n) is 3.90. The third kappa shape index (κ3) is 2.54. The maximum Gasteiger partial charge on any atom is 0.206 e. The maximum atomic E-state index is 4.54. The minimum absolute atomic E-state index is 0.630. The third-order valence-electron chi connectivity index (χ3n) is 2.62. The van der Waals surface area contributed by atoms with Gasteiger partial charge in [-0.15, -0.1) is 0 Å². The Morgan fingerprint density at radius 1 is 0.950 bits per heavy atom. The third-order valence-corrected chi connectivity index (χ3v) is 7.37. The molecule has 3 aromatic rings. The monoisotopic (exact) mass is 522 g/mol. The first-order valence-electron chi connectivity index (χ1n) is 5.47. The number of fused-ring (bicyclic) bond motifs is 1. The summed E-state index contributed by atoms with van der Waals surface area (Å²) in [5, 5.41) is 3.14. The number of pyridine rings is 1. The number of hydrogen-bond donors (Lipinski definition) is 2. The Bertz CT molecular complexity index is 740. The molecule has 0 saturated carbocycles. The number of H-pyrrole nitrogens is 1. The molecule has 4 nitrogen and oxygen atoms in total. The van der Waals surface area contributed by atoms with Gasteiger partial charge < -0.3 is 10.3 Å². The van der Waals surface area contributed by atoms with Crippen molar-refractivity contribution >= 4 is 86.5 Å². The number of aromatic nitrogens is 3. The number of nitrogens with one attached hydrogen (secondary N) is 2. The first-order valence-corrected chi connectivity index (χ1v) is 8.65. The Labute approximate surface area is 148 Å². The van der Waals surface area contributed by atoms with Crippen molar-refractivity contribution < 1.29 is 0 Å². The zero-order chi connectivity index (χ0) is 14.3. The predicted octanol–water partition coefficient (Wildman–Crippen LogP) is 5.75. The van der Waals surface area contributed by atoms with Crippen LogP contribution in [-0.2, 0) is 0 Å². The van der Waals surface area contributed by atoms with Crippen LogP contribution < -0.4 is 5.32 Å². The number of anilines is 2. The van der Waals surface area contributed by atoms with Crippen LogP contribution in [-0.4, -0.2) is 15.0 Å². The summed E-state index contributed by atoms with van der Waals surface area (Å²) >= 11 is 14.1. The molecule has 0 fully saturated rings. The van der Waals surface area contributed by atoms with E-state index in [2.05, 4.69) is 84.0 Å². The second kappa shape index (κ2) is 5.75. The van der Waals surface area contributed by atoms with E-state index in [1.165, 1.54) is 0 Å². The topological polar surface area (TPSA) is 53.6 Å². The Morgan fingerprint density at radius 3 is 2.40 bits per heavy atom. The molecule has 2 N–H and O–H groups in total. The molecular weight excluding hydrogens is 520 g/mol. The molecule has 1 aromatic carbocycles. The van der Waals surface area contributed by atoms with Crippen molar-refractivity contribution in [2.24, 2.45) is 0 Å². The van der Waals surface area contributed by atoms with Crippen LogP contribution >= 0.6 is 63.7 Å². The number of benzene rings is 1. The van der Waals surface area contributed by atoms with Crippen LogP contribution in [0.15, 0.2) is 42.3 Å². The largest absolute Gasteiger partial charge is 0.323 e. The standard InChI is InChI=1S/C12H6Br4N4/c13-6-7(14)9(16)11-10(8(6)15)19-12(20-11)18-5-3-1-2-4-17-5/h1-4H,(H2,17,18,19,20). The van der Waals surface area contributed by atoms with Gasteiger partial charge in [0.15, 0.2) is 0 Å². The second-order valence-corrected chi connectivity index (χ2v) is 7.08. The summed E-state index contributed by atoms with van der Waals surface area (Å²) in [4.78, 5) is 12.0. The average molecular weight is 526 g/mol. The van der Waals surface area contributed by atoms with E-state index in [4.69, 9.17) is 0 Å². The number of nitrogens with zero attached hydrogens (tertiary/aromatic N) is 2. The first kappa shape index (κ1) is 14.5. The number of rotatable bonds is 2. The van der Waals surface area contributed by atoms with Crippen LogP contribution in [0.25, 0.3) is 11.0 Å². The lowest BCUT2D eigenvalue weighted by Crippen LogP contribution is -1.93.